The maximum absolute atomic E-state index is 10.9. The summed E-state index contributed by atoms with van der Waals surface area (Å²) in [4.78, 5) is 5.02. The standard InChI is InChI=1S/C8H8N2O2S2/c1-14(11,12)10-7-4-6-2-3-13-8(6)9-5-7/h2-5,10H,1H3. The summed E-state index contributed by atoms with van der Waals surface area (Å²) in [5, 5.41) is 2.87. The van der Waals surface area contributed by atoms with E-state index in [1.54, 1.807) is 6.07 Å². The third kappa shape index (κ3) is 2.02. The second-order valence-corrected chi connectivity index (χ2v) is 5.56. The van der Waals surface area contributed by atoms with Gasteiger partial charge in [-0.25, -0.2) is 13.4 Å². The first-order chi connectivity index (χ1) is 6.54. The van der Waals surface area contributed by atoms with Gasteiger partial charge in [-0.15, -0.1) is 11.3 Å². The Morgan fingerprint density at radius 2 is 2.29 bits per heavy atom. The van der Waals surface area contributed by atoms with Crippen LogP contribution in [0.4, 0.5) is 5.69 Å². The maximum atomic E-state index is 10.9. The van der Waals surface area contributed by atoms with Crippen molar-refractivity contribution < 1.29 is 8.42 Å². The molecule has 0 spiro atoms. The van der Waals surface area contributed by atoms with Gasteiger partial charge in [0.2, 0.25) is 10.0 Å². The molecule has 4 nitrogen and oxygen atoms in total. The second kappa shape index (κ2) is 3.21. The van der Waals surface area contributed by atoms with Crippen LogP contribution in [0.25, 0.3) is 10.2 Å². The largest absolute Gasteiger partial charge is 0.282 e. The Hall–Kier alpha value is -1.14. The van der Waals surface area contributed by atoms with Crippen molar-refractivity contribution in [3.8, 4) is 0 Å². The number of hydrogen-bond donors (Lipinski definition) is 1. The van der Waals surface area contributed by atoms with Crippen molar-refractivity contribution in [2.45, 2.75) is 0 Å². The summed E-state index contributed by atoms with van der Waals surface area (Å²) < 4.78 is 24.3. The summed E-state index contributed by atoms with van der Waals surface area (Å²) in [6, 6.07) is 3.67. The molecule has 0 aliphatic carbocycles. The van der Waals surface area contributed by atoms with Gasteiger partial charge in [-0.1, -0.05) is 0 Å². The molecule has 0 aliphatic rings. The maximum Gasteiger partial charge on any atom is 0.229 e. The number of nitrogens with zero attached hydrogens (tertiary/aromatic N) is 1. The fourth-order valence-corrected chi connectivity index (χ4v) is 2.39. The third-order valence-electron chi connectivity index (χ3n) is 1.61. The predicted molar refractivity (Wildman–Crippen MR) is 58.1 cm³/mol. The van der Waals surface area contributed by atoms with E-state index in [9.17, 15) is 8.42 Å². The highest BCUT2D eigenvalue weighted by Gasteiger charge is 2.03. The van der Waals surface area contributed by atoms with Gasteiger partial charge in [-0.05, 0) is 17.5 Å². The van der Waals surface area contributed by atoms with E-state index in [1.807, 2.05) is 11.4 Å². The van der Waals surface area contributed by atoms with Crippen molar-refractivity contribution >= 4 is 37.3 Å². The number of pyridine rings is 1. The molecule has 0 saturated carbocycles. The first kappa shape index (κ1) is 9.42. The molecular weight excluding hydrogens is 220 g/mol. The number of thiophene rings is 1. The number of fused-ring (bicyclic) bond motifs is 1. The average molecular weight is 228 g/mol. The van der Waals surface area contributed by atoms with Gasteiger partial charge in [-0.2, -0.15) is 0 Å². The minimum absolute atomic E-state index is 0.499. The van der Waals surface area contributed by atoms with Crippen LogP contribution < -0.4 is 4.72 Å². The lowest BCUT2D eigenvalue weighted by molar-refractivity contribution is 0.607. The van der Waals surface area contributed by atoms with Crippen molar-refractivity contribution in [2.24, 2.45) is 0 Å². The first-order valence-electron chi connectivity index (χ1n) is 3.86. The van der Waals surface area contributed by atoms with Crippen LogP contribution in [-0.2, 0) is 10.0 Å². The molecule has 2 rings (SSSR count). The smallest absolute Gasteiger partial charge is 0.229 e. The fraction of sp³-hybridized carbons (Fsp3) is 0.125. The highest BCUT2D eigenvalue weighted by atomic mass is 32.2. The molecule has 0 saturated heterocycles. The van der Waals surface area contributed by atoms with E-state index >= 15 is 0 Å². The van der Waals surface area contributed by atoms with Crippen molar-refractivity contribution in [2.75, 3.05) is 11.0 Å². The van der Waals surface area contributed by atoms with Crippen LogP contribution in [0.2, 0.25) is 0 Å². The number of sulfonamides is 1. The predicted octanol–water partition coefficient (Wildman–Crippen LogP) is 1.67. The molecule has 0 radical (unpaired) electrons. The number of hydrogen-bond acceptors (Lipinski definition) is 4. The van der Waals surface area contributed by atoms with Crippen molar-refractivity contribution in [1.29, 1.82) is 0 Å². The van der Waals surface area contributed by atoms with Gasteiger partial charge in [0.1, 0.15) is 4.83 Å². The number of anilines is 1. The number of nitrogens with one attached hydrogen (secondary N) is 1. The molecule has 0 unspecified atom stereocenters. The Morgan fingerprint density at radius 1 is 1.50 bits per heavy atom. The van der Waals surface area contributed by atoms with Crippen LogP contribution in [0, 0.1) is 0 Å². The Balaban J connectivity index is 2.44. The highest BCUT2D eigenvalue weighted by molar-refractivity contribution is 7.92. The van der Waals surface area contributed by atoms with Crippen LogP contribution in [0.3, 0.4) is 0 Å². The third-order valence-corrected chi connectivity index (χ3v) is 3.05. The van der Waals surface area contributed by atoms with Gasteiger partial charge >= 0.3 is 0 Å². The van der Waals surface area contributed by atoms with Crippen molar-refractivity contribution in [1.82, 2.24) is 4.98 Å². The molecule has 0 amide bonds. The Bertz CT molecular complexity index is 559. The molecule has 1 N–H and O–H groups in total. The lowest BCUT2D eigenvalue weighted by atomic mass is 10.3. The van der Waals surface area contributed by atoms with Gasteiger partial charge in [0.05, 0.1) is 18.1 Å². The minimum Gasteiger partial charge on any atom is -0.282 e. The molecule has 6 heteroatoms. The molecule has 14 heavy (non-hydrogen) atoms. The van der Waals surface area contributed by atoms with Crippen LogP contribution in [-0.4, -0.2) is 19.7 Å². The summed E-state index contributed by atoms with van der Waals surface area (Å²) in [7, 11) is -3.22. The van der Waals surface area contributed by atoms with E-state index in [0.717, 1.165) is 16.5 Å². The van der Waals surface area contributed by atoms with Crippen LogP contribution >= 0.6 is 11.3 Å². The quantitative estimate of drug-likeness (QED) is 0.850. The Kier molecular flexibility index (Phi) is 2.16. The summed E-state index contributed by atoms with van der Waals surface area (Å²) in [6.07, 6.45) is 2.63. The average Bonchev–Trinajstić information content (AvgIpc) is 2.47. The zero-order chi connectivity index (χ0) is 10.2. The Labute approximate surface area is 85.6 Å². The molecule has 0 aliphatic heterocycles. The monoisotopic (exact) mass is 228 g/mol. The summed E-state index contributed by atoms with van der Waals surface area (Å²) in [5.74, 6) is 0. The lowest BCUT2D eigenvalue weighted by Crippen LogP contribution is -2.09. The minimum atomic E-state index is -3.22. The first-order valence-corrected chi connectivity index (χ1v) is 6.63. The number of rotatable bonds is 2. The SMILES string of the molecule is CS(=O)(=O)Nc1cnc2sccc2c1. The van der Waals surface area contributed by atoms with Crippen LogP contribution in [0.5, 0.6) is 0 Å². The second-order valence-electron chi connectivity index (χ2n) is 2.91. The molecule has 2 aromatic heterocycles. The van der Waals surface area contributed by atoms with E-state index in [4.69, 9.17) is 0 Å². The van der Waals surface area contributed by atoms with Gasteiger partial charge < -0.3 is 0 Å². The van der Waals surface area contributed by atoms with E-state index in [-0.39, 0.29) is 0 Å². The molecule has 74 valence electrons. The van der Waals surface area contributed by atoms with Gasteiger partial charge in [0.15, 0.2) is 0 Å². The molecule has 2 aromatic rings. The highest BCUT2D eigenvalue weighted by Crippen LogP contribution is 2.21. The van der Waals surface area contributed by atoms with Gasteiger partial charge in [0, 0.05) is 5.39 Å². The van der Waals surface area contributed by atoms with Crippen molar-refractivity contribution in [3.63, 3.8) is 0 Å². The molecule has 0 bridgehead atoms. The topological polar surface area (TPSA) is 59.1 Å². The lowest BCUT2D eigenvalue weighted by Gasteiger charge is -2.02. The van der Waals surface area contributed by atoms with E-state index in [2.05, 4.69) is 9.71 Å². The zero-order valence-corrected chi connectivity index (χ0v) is 9.02. The summed E-state index contributed by atoms with van der Waals surface area (Å²) in [5.41, 5.74) is 0.499. The molecular formula is C8H8N2O2S2. The fourth-order valence-electron chi connectivity index (χ4n) is 1.13. The number of aromatic nitrogens is 1. The van der Waals surface area contributed by atoms with Gasteiger partial charge in [0.25, 0.3) is 0 Å². The van der Waals surface area contributed by atoms with E-state index < -0.39 is 10.0 Å². The van der Waals surface area contributed by atoms with E-state index in [1.165, 1.54) is 17.5 Å². The summed E-state index contributed by atoms with van der Waals surface area (Å²) in [6.45, 7) is 0. The van der Waals surface area contributed by atoms with Gasteiger partial charge in [-0.3, -0.25) is 4.72 Å². The normalized spacial score (nSPS) is 11.8. The molecule has 0 aromatic carbocycles. The Morgan fingerprint density at radius 3 is 3.00 bits per heavy atom. The van der Waals surface area contributed by atoms with Crippen LogP contribution in [0.1, 0.15) is 0 Å². The summed E-state index contributed by atoms with van der Waals surface area (Å²) >= 11 is 1.53. The van der Waals surface area contributed by atoms with Crippen molar-refractivity contribution in [3.05, 3.63) is 23.7 Å². The van der Waals surface area contributed by atoms with Crippen LogP contribution in [0.15, 0.2) is 23.7 Å². The molecule has 0 fully saturated rings. The zero-order valence-electron chi connectivity index (χ0n) is 7.39. The van der Waals surface area contributed by atoms with E-state index in [0.29, 0.717) is 5.69 Å². The molecule has 0 atom stereocenters. The molecule has 2 heterocycles.